The van der Waals surface area contributed by atoms with Crippen molar-refractivity contribution >= 4 is 16.4 Å². The van der Waals surface area contributed by atoms with Crippen LogP contribution in [0.2, 0.25) is 0 Å². The number of carbonyl (C=O) groups is 1. The first-order chi connectivity index (χ1) is 6.75. The van der Waals surface area contributed by atoms with E-state index in [0.717, 1.165) is 14.0 Å². The van der Waals surface area contributed by atoms with E-state index in [2.05, 4.69) is 18.9 Å². The summed E-state index contributed by atoms with van der Waals surface area (Å²) in [6.45, 7) is 0.292. The minimum absolute atomic E-state index is 0. The molecule has 0 aromatic carbocycles. The normalized spacial score (nSPS) is 13.9. The van der Waals surface area contributed by atoms with Gasteiger partial charge in [-0.05, 0) is 12.5 Å². The van der Waals surface area contributed by atoms with Crippen molar-refractivity contribution in [3.8, 4) is 0 Å². The SMILES string of the molecule is COC(=O)[C@](C)(CN=[N+]=[N-])OS(=O)(=O)[O-].[Na+]. The van der Waals surface area contributed by atoms with E-state index in [0.29, 0.717) is 0 Å². The van der Waals surface area contributed by atoms with Crippen LogP contribution in [0.5, 0.6) is 0 Å². The van der Waals surface area contributed by atoms with Crippen LogP contribution in [0.4, 0.5) is 0 Å². The van der Waals surface area contributed by atoms with Crippen LogP contribution >= 0.6 is 0 Å². The summed E-state index contributed by atoms with van der Waals surface area (Å²) in [6.07, 6.45) is 0. The van der Waals surface area contributed by atoms with Crippen LogP contribution in [-0.2, 0) is 24.1 Å². The Morgan fingerprint density at radius 2 is 2.12 bits per heavy atom. The number of carbonyl (C=O) groups excluding carboxylic acids is 1. The molecule has 1 atom stereocenters. The van der Waals surface area contributed by atoms with E-state index in [9.17, 15) is 17.8 Å². The smallest absolute Gasteiger partial charge is 0.725 e. The number of azide groups is 1. The van der Waals surface area contributed by atoms with Crippen LogP contribution in [0.1, 0.15) is 6.92 Å². The quantitative estimate of drug-likeness (QED) is 0.0965. The Bertz CT molecular complexity index is 391. The van der Waals surface area contributed by atoms with E-state index >= 15 is 0 Å². The Hall–Kier alpha value is -0.350. The van der Waals surface area contributed by atoms with Gasteiger partial charge in [-0.2, -0.15) is 0 Å². The molecule has 16 heavy (non-hydrogen) atoms. The summed E-state index contributed by atoms with van der Waals surface area (Å²) in [4.78, 5) is 13.4. The van der Waals surface area contributed by atoms with Gasteiger partial charge in [0.2, 0.25) is 10.4 Å². The predicted octanol–water partition coefficient (Wildman–Crippen LogP) is -3.29. The van der Waals surface area contributed by atoms with Gasteiger partial charge in [0.15, 0.2) is 5.60 Å². The van der Waals surface area contributed by atoms with E-state index in [4.69, 9.17) is 5.53 Å². The number of rotatable bonds is 5. The third-order valence-corrected chi connectivity index (χ3v) is 1.91. The molecule has 0 aliphatic carbocycles. The summed E-state index contributed by atoms with van der Waals surface area (Å²) in [5.74, 6) is -1.13. The van der Waals surface area contributed by atoms with Gasteiger partial charge < -0.3 is 9.29 Å². The molecular weight excluding hydrogens is 253 g/mol. The summed E-state index contributed by atoms with van der Waals surface area (Å²) in [5, 5.41) is 2.95. The van der Waals surface area contributed by atoms with Crippen LogP contribution in [0.3, 0.4) is 0 Å². The number of hydrogen-bond donors (Lipinski definition) is 0. The third-order valence-electron chi connectivity index (χ3n) is 1.34. The van der Waals surface area contributed by atoms with E-state index in [1.165, 1.54) is 0 Å². The molecule has 0 radical (unpaired) electrons. The molecule has 86 valence electrons. The van der Waals surface area contributed by atoms with E-state index in [1.54, 1.807) is 0 Å². The molecule has 0 rings (SSSR count). The van der Waals surface area contributed by atoms with Crippen molar-refractivity contribution in [2.75, 3.05) is 13.7 Å². The van der Waals surface area contributed by atoms with Gasteiger partial charge in [-0.3, -0.25) is 4.18 Å². The molecule has 0 saturated carbocycles. The number of ether oxygens (including phenoxy) is 1. The van der Waals surface area contributed by atoms with Crippen LogP contribution in [0, 0.1) is 0 Å². The average molecular weight is 261 g/mol. The second-order valence-electron chi connectivity index (χ2n) is 2.60. The standard InChI is InChI=1S/C5H9N3O6S.Na/c1-5(3-7-8-6,4(9)13-2)14-15(10,11)12;/h3H2,1-2H3,(H,10,11,12);/q;+1/p-1/t5-;/m0./s1. The van der Waals surface area contributed by atoms with Crippen LogP contribution in [-0.4, -0.2) is 38.2 Å². The maximum absolute atomic E-state index is 11.1. The van der Waals surface area contributed by atoms with Crippen molar-refractivity contribution in [3.63, 3.8) is 0 Å². The Morgan fingerprint density at radius 1 is 1.62 bits per heavy atom. The Morgan fingerprint density at radius 3 is 2.44 bits per heavy atom. The average Bonchev–Trinajstić information content (AvgIpc) is 2.10. The number of nitrogens with zero attached hydrogens (tertiary/aromatic N) is 3. The van der Waals surface area contributed by atoms with Crippen molar-refractivity contribution in [2.24, 2.45) is 5.11 Å². The van der Waals surface area contributed by atoms with Gasteiger partial charge in [-0.25, -0.2) is 13.2 Å². The van der Waals surface area contributed by atoms with Gasteiger partial charge in [0.25, 0.3) is 0 Å². The summed E-state index contributed by atoms with van der Waals surface area (Å²) in [5.41, 5.74) is 5.87. The molecule has 0 heterocycles. The number of hydrogen-bond acceptors (Lipinski definition) is 7. The van der Waals surface area contributed by atoms with Gasteiger partial charge >= 0.3 is 35.5 Å². The Kier molecular flexibility index (Phi) is 7.96. The Balaban J connectivity index is 0. The summed E-state index contributed by atoms with van der Waals surface area (Å²) in [7, 11) is -4.13. The zero-order valence-electron chi connectivity index (χ0n) is 8.91. The van der Waals surface area contributed by atoms with E-state index in [1.807, 2.05) is 0 Å². The summed E-state index contributed by atoms with van der Waals surface area (Å²) < 4.78 is 39.1. The Labute approximate surface area is 114 Å². The molecule has 9 nitrogen and oxygen atoms in total. The summed E-state index contributed by atoms with van der Waals surface area (Å²) in [6, 6.07) is 0. The summed E-state index contributed by atoms with van der Waals surface area (Å²) >= 11 is 0. The van der Waals surface area contributed by atoms with E-state index in [-0.39, 0.29) is 29.6 Å². The third kappa shape index (κ3) is 6.28. The van der Waals surface area contributed by atoms with Crippen molar-refractivity contribution in [2.45, 2.75) is 12.5 Å². The first kappa shape index (κ1) is 18.0. The van der Waals surface area contributed by atoms with Gasteiger partial charge in [-0.1, -0.05) is 5.11 Å². The topological polar surface area (TPSA) is 141 Å². The maximum Gasteiger partial charge on any atom is 1.00 e. The molecular formula is C5H8N3NaO6S. The molecule has 0 N–H and O–H groups in total. The molecule has 0 aliphatic heterocycles. The van der Waals surface area contributed by atoms with Crippen molar-refractivity contribution in [1.82, 2.24) is 0 Å². The molecule has 0 fully saturated rings. The molecule has 0 aliphatic rings. The maximum atomic E-state index is 11.1. The van der Waals surface area contributed by atoms with Gasteiger partial charge in [-0.15, -0.1) is 0 Å². The zero-order valence-corrected chi connectivity index (χ0v) is 11.7. The minimum atomic E-state index is -5.10. The first-order valence-corrected chi connectivity index (χ1v) is 4.84. The zero-order chi connectivity index (χ0) is 12.1. The molecule has 0 bridgehead atoms. The molecule has 11 heteroatoms. The largest absolute Gasteiger partial charge is 1.00 e. The second kappa shape index (κ2) is 7.07. The monoisotopic (exact) mass is 261 g/mol. The van der Waals surface area contributed by atoms with Crippen molar-refractivity contribution in [1.29, 1.82) is 0 Å². The minimum Gasteiger partial charge on any atom is -0.725 e. The van der Waals surface area contributed by atoms with Gasteiger partial charge in [0.05, 0.1) is 13.7 Å². The predicted molar refractivity (Wildman–Crippen MR) is 45.2 cm³/mol. The van der Waals surface area contributed by atoms with Crippen molar-refractivity contribution in [3.05, 3.63) is 10.4 Å². The number of methoxy groups -OCH3 is 1. The molecule has 0 aromatic rings. The molecule has 0 aromatic heterocycles. The fraction of sp³-hybridized carbons (Fsp3) is 0.800. The van der Waals surface area contributed by atoms with Crippen LogP contribution in [0.25, 0.3) is 10.4 Å². The molecule has 0 spiro atoms. The van der Waals surface area contributed by atoms with Crippen molar-refractivity contribution < 1.29 is 56.2 Å². The van der Waals surface area contributed by atoms with Gasteiger partial charge in [0, 0.05) is 4.91 Å². The molecule has 0 amide bonds. The fourth-order valence-electron chi connectivity index (χ4n) is 0.733. The van der Waals surface area contributed by atoms with Gasteiger partial charge in [0.1, 0.15) is 0 Å². The van der Waals surface area contributed by atoms with Crippen LogP contribution in [0.15, 0.2) is 5.11 Å². The number of esters is 1. The fourth-order valence-corrected chi connectivity index (χ4v) is 1.30. The van der Waals surface area contributed by atoms with E-state index < -0.39 is 28.5 Å². The molecule has 0 unspecified atom stereocenters. The van der Waals surface area contributed by atoms with Crippen LogP contribution < -0.4 is 29.6 Å². The molecule has 0 saturated heterocycles. The second-order valence-corrected chi connectivity index (χ2v) is 3.59. The first-order valence-electron chi connectivity index (χ1n) is 3.51.